The second kappa shape index (κ2) is 7.22. The molecular weight excluding hydrogens is 284 g/mol. The van der Waals surface area contributed by atoms with Gasteiger partial charge in [-0.15, -0.1) is 0 Å². The Hall–Kier alpha value is -1.64. The van der Waals surface area contributed by atoms with Crippen LogP contribution in [0.5, 0.6) is 0 Å². The molecule has 112 valence electrons. The van der Waals surface area contributed by atoms with Crippen molar-refractivity contribution in [2.24, 2.45) is 0 Å². The van der Waals surface area contributed by atoms with Crippen molar-refractivity contribution >= 4 is 21.7 Å². The van der Waals surface area contributed by atoms with Gasteiger partial charge in [-0.2, -0.15) is 0 Å². The molecule has 0 aliphatic heterocycles. The molecule has 8 heteroatoms. The molecule has 0 bridgehead atoms. The van der Waals surface area contributed by atoms with E-state index in [9.17, 15) is 13.2 Å². The van der Waals surface area contributed by atoms with Crippen molar-refractivity contribution in [3.05, 3.63) is 23.8 Å². The second-order valence-corrected chi connectivity index (χ2v) is 5.75. The minimum absolute atomic E-state index is 0.0822. The number of hydrogen-bond donors (Lipinski definition) is 3. The number of methoxy groups -OCH3 is 1. The van der Waals surface area contributed by atoms with Gasteiger partial charge in [0.05, 0.1) is 11.3 Å². The molecule has 0 aliphatic carbocycles. The molecule has 0 amide bonds. The van der Waals surface area contributed by atoms with Gasteiger partial charge in [0.1, 0.15) is 4.90 Å². The van der Waals surface area contributed by atoms with E-state index in [1.165, 1.54) is 19.2 Å². The van der Waals surface area contributed by atoms with Crippen molar-refractivity contribution < 1.29 is 23.1 Å². The zero-order valence-corrected chi connectivity index (χ0v) is 12.2. The van der Waals surface area contributed by atoms with Crippen molar-refractivity contribution in [2.75, 3.05) is 32.6 Å². The van der Waals surface area contributed by atoms with E-state index in [4.69, 9.17) is 9.84 Å². The van der Waals surface area contributed by atoms with Crippen LogP contribution in [-0.4, -0.2) is 46.8 Å². The Balaban J connectivity index is 3.02. The summed E-state index contributed by atoms with van der Waals surface area (Å²) in [5.41, 5.74) is 0.260. The number of hydrogen-bond acceptors (Lipinski definition) is 5. The molecule has 0 atom stereocenters. The lowest BCUT2D eigenvalue weighted by Crippen LogP contribution is -2.26. The highest BCUT2D eigenvalue weighted by molar-refractivity contribution is 7.89. The van der Waals surface area contributed by atoms with E-state index in [1.807, 2.05) is 0 Å². The van der Waals surface area contributed by atoms with E-state index < -0.39 is 16.0 Å². The Labute approximate surface area is 118 Å². The van der Waals surface area contributed by atoms with E-state index in [1.54, 1.807) is 7.05 Å². The van der Waals surface area contributed by atoms with Gasteiger partial charge in [0.15, 0.2) is 0 Å². The Bertz CT molecular complexity index is 571. The summed E-state index contributed by atoms with van der Waals surface area (Å²) in [5.74, 6) is -1.18. The summed E-state index contributed by atoms with van der Waals surface area (Å²) in [5, 5.41) is 11.7. The predicted octanol–water partition coefficient (Wildman–Crippen LogP) is 0.741. The molecule has 0 spiro atoms. The highest BCUT2D eigenvalue weighted by atomic mass is 32.2. The lowest BCUT2D eigenvalue weighted by atomic mass is 10.2. The first-order chi connectivity index (χ1) is 9.42. The third-order valence-electron chi connectivity index (χ3n) is 2.60. The summed E-state index contributed by atoms with van der Waals surface area (Å²) in [4.78, 5) is 10.8. The lowest BCUT2D eigenvalue weighted by molar-refractivity contribution is 0.0696. The molecule has 1 rings (SSSR count). The molecule has 0 aliphatic rings. The number of carbonyl (C=O) groups is 1. The smallest absolute Gasteiger partial charge is 0.335 e. The second-order valence-electron chi connectivity index (χ2n) is 4.01. The minimum atomic E-state index is -3.77. The van der Waals surface area contributed by atoms with Crippen LogP contribution in [0.4, 0.5) is 5.69 Å². The quantitative estimate of drug-likeness (QED) is 0.612. The Morgan fingerprint density at radius 1 is 1.40 bits per heavy atom. The fourth-order valence-corrected chi connectivity index (χ4v) is 2.90. The molecule has 0 unspecified atom stereocenters. The normalized spacial score (nSPS) is 11.3. The van der Waals surface area contributed by atoms with Crippen molar-refractivity contribution in [3.63, 3.8) is 0 Å². The van der Waals surface area contributed by atoms with Gasteiger partial charge in [0.2, 0.25) is 10.0 Å². The number of benzene rings is 1. The number of aromatic carboxylic acids is 1. The van der Waals surface area contributed by atoms with Crippen molar-refractivity contribution in [1.82, 2.24) is 4.72 Å². The van der Waals surface area contributed by atoms with Gasteiger partial charge in [-0.05, 0) is 24.6 Å². The fourth-order valence-electron chi connectivity index (χ4n) is 1.59. The number of carboxylic acids is 1. The predicted molar refractivity (Wildman–Crippen MR) is 74.6 cm³/mol. The van der Waals surface area contributed by atoms with E-state index in [0.29, 0.717) is 18.7 Å². The third-order valence-corrected chi connectivity index (χ3v) is 4.11. The number of anilines is 1. The SMILES string of the molecule is CNc1ccc(C(=O)O)cc1S(=O)(=O)NCCCOC. The average molecular weight is 302 g/mol. The number of sulfonamides is 1. The van der Waals surface area contributed by atoms with Crippen molar-refractivity contribution in [1.29, 1.82) is 0 Å². The van der Waals surface area contributed by atoms with Crippen LogP contribution in [0.25, 0.3) is 0 Å². The molecule has 3 N–H and O–H groups in total. The number of ether oxygens (including phenoxy) is 1. The van der Waals surface area contributed by atoms with Gasteiger partial charge in [-0.3, -0.25) is 0 Å². The van der Waals surface area contributed by atoms with Crippen LogP contribution < -0.4 is 10.0 Å². The van der Waals surface area contributed by atoms with Crippen LogP contribution in [0.15, 0.2) is 23.1 Å². The van der Waals surface area contributed by atoms with Crippen molar-refractivity contribution in [3.8, 4) is 0 Å². The molecule has 0 saturated carbocycles. The van der Waals surface area contributed by atoms with Crippen molar-refractivity contribution in [2.45, 2.75) is 11.3 Å². The van der Waals surface area contributed by atoms with Gasteiger partial charge >= 0.3 is 5.97 Å². The largest absolute Gasteiger partial charge is 0.478 e. The van der Waals surface area contributed by atoms with Crippen LogP contribution >= 0.6 is 0 Å². The van der Waals surface area contributed by atoms with Crippen LogP contribution in [0.3, 0.4) is 0 Å². The van der Waals surface area contributed by atoms with E-state index in [0.717, 1.165) is 6.07 Å². The average Bonchev–Trinajstić information content (AvgIpc) is 2.42. The molecule has 0 radical (unpaired) electrons. The molecule has 7 nitrogen and oxygen atoms in total. The monoisotopic (exact) mass is 302 g/mol. The Kier molecular flexibility index (Phi) is 5.93. The Morgan fingerprint density at radius 3 is 2.65 bits per heavy atom. The summed E-state index contributed by atoms with van der Waals surface area (Å²) in [6.07, 6.45) is 0.531. The highest BCUT2D eigenvalue weighted by Crippen LogP contribution is 2.22. The first kappa shape index (κ1) is 16.4. The van der Waals surface area contributed by atoms with Gasteiger partial charge in [0.25, 0.3) is 0 Å². The zero-order valence-electron chi connectivity index (χ0n) is 11.3. The Morgan fingerprint density at radius 2 is 2.10 bits per heavy atom. The first-order valence-corrected chi connectivity index (χ1v) is 7.44. The van der Waals surface area contributed by atoms with Gasteiger partial charge in [-0.1, -0.05) is 0 Å². The van der Waals surface area contributed by atoms with Crippen LogP contribution in [-0.2, 0) is 14.8 Å². The summed E-state index contributed by atoms with van der Waals surface area (Å²) in [7, 11) is -0.670. The number of rotatable bonds is 8. The first-order valence-electron chi connectivity index (χ1n) is 5.96. The third kappa shape index (κ3) is 4.19. The summed E-state index contributed by atoms with van der Waals surface area (Å²) < 4.78 is 31.6. The van der Waals surface area contributed by atoms with Crippen LogP contribution in [0.1, 0.15) is 16.8 Å². The van der Waals surface area contributed by atoms with Crippen LogP contribution in [0.2, 0.25) is 0 Å². The minimum Gasteiger partial charge on any atom is -0.478 e. The summed E-state index contributed by atoms with van der Waals surface area (Å²) in [6, 6.07) is 3.90. The standard InChI is InChI=1S/C12H18N2O5S/c1-13-10-5-4-9(12(15)16)8-11(10)20(17,18)14-6-3-7-19-2/h4-5,8,13-14H,3,6-7H2,1-2H3,(H,15,16). The highest BCUT2D eigenvalue weighted by Gasteiger charge is 2.19. The lowest BCUT2D eigenvalue weighted by Gasteiger charge is -2.12. The molecule has 20 heavy (non-hydrogen) atoms. The maximum atomic E-state index is 12.2. The molecular formula is C12H18N2O5S. The topological polar surface area (TPSA) is 105 Å². The van der Waals surface area contributed by atoms with Gasteiger partial charge in [0, 0.05) is 27.3 Å². The molecule has 0 fully saturated rings. The molecule has 0 aromatic heterocycles. The number of carboxylic acid groups (broad SMARTS) is 1. The maximum Gasteiger partial charge on any atom is 0.335 e. The number of nitrogens with one attached hydrogen (secondary N) is 2. The zero-order chi connectivity index (χ0) is 15.2. The molecule has 1 aromatic rings. The summed E-state index contributed by atoms with van der Waals surface area (Å²) in [6.45, 7) is 0.660. The molecule has 0 saturated heterocycles. The maximum absolute atomic E-state index is 12.2. The molecule has 0 heterocycles. The van der Waals surface area contributed by atoms with Gasteiger partial charge in [-0.25, -0.2) is 17.9 Å². The fraction of sp³-hybridized carbons (Fsp3) is 0.417. The van der Waals surface area contributed by atoms with Gasteiger partial charge < -0.3 is 15.2 Å². The van der Waals surface area contributed by atoms with E-state index >= 15 is 0 Å². The van der Waals surface area contributed by atoms with Crippen LogP contribution in [0, 0.1) is 0 Å². The summed E-state index contributed by atoms with van der Waals surface area (Å²) >= 11 is 0. The van der Waals surface area contributed by atoms with E-state index in [2.05, 4.69) is 10.0 Å². The molecule has 1 aromatic carbocycles. The van der Waals surface area contributed by atoms with E-state index in [-0.39, 0.29) is 17.0 Å².